The Morgan fingerprint density at radius 2 is 1.59 bits per heavy atom. The monoisotopic (exact) mass is 595 g/mol. The van der Waals surface area contributed by atoms with Gasteiger partial charge in [-0.2, -0.15) is 0 Å². The van der Waals surface area contributed by atoms with Gasteiger partial charge in [0.25, 0.3) is 15.9 Å². The van der Waals surface area contributed by atoms with Crippen LogP contribution in [-0.2, 0) is 32.6 Å². The van der Waals surface area contributed by atoms with Crippen molar-refractivity contribution in [2.24, 2.45) is 0 Å². The number of carbonyl (C=O) groups excluding carboxylic acids is 3. The smallest absolute Gasteiger partial charge is 0.269 e. The number of carbonyl (C=O) groups is 3. The Bertz CT molecular complexity index is 1540. The van der Waals surface area contributed by atoms with Gasteiger partial charge in [-0.1, -0.05) is 72.3 Å². The molecule has 0 spiro atoms. The maximum absolute atomic E-state index is 13.8. The molecule has 1 N–H and O–H groups in total. The summed E-state index contributed by atoms with van der Waals surface area (Å²) >= 11 is 6.46. The maximum atomic E-state index is 13.8. The average molecular weight is 596 g/mol. The van der Waals surface area contributed by atoms with Crippen LogP contribution < -0.4 is 5.32 Å². The molecule has 3 aromatic carbocycles. The van der Waals surface area contributed by atoms with Crippen LogP contribution in [0.4, 0.5) is 0 Å². The first-order chi connectivity index (χ1) is 19.4. The Morgan fingerprint density at radius 3 is 2.24 bits per heavy atom. The van der Waals surface area contributed by atoms with Crippen molar-refractivity contribution < 1.29 is 22.8 Å². The minimum Gasteiger partial charge on any atom is -0.350 e. The van der Waals surface area contributed by atoms with E-state index in [1.54, 1.807) is 30.3 Å². The molecule has 0 saturated heterocycles. The first kappa shape index (κ1) is 30.3. The van der Waals surface area contributed by atoms with Crippen molar-refractivity contribution in [2.75, 3.05) is 6.54 Å². The standard InChI is InChI=1S/C31H34ClN3O5S/c1-31(2,3)33-29(37)26(20-22-12-5-4-6-13-22)34(21-23-14-7-9-16-25(23)32)28(36)18-11-19-35-30(38)24-15-8-10-17-27(24)41(35,39)40/h4-10,12-17,26H,11,18-21H2,1-3H3,(H,33,37). The first-order valence-corrected chi connectivity index (χ1v) is 15.3. The normalized spacial score (nSPS) is 14.8. The molecule has 0 radical (unpaired) electrons. The molecule has 1 aliphatic heterocycles. The van der Waals surface area contributed by atoms with Crippen molar-refractivity contribution in [3.63, 3.8) is 0 Å². The van der Waals surface area contributed by atoms with Crippen LogP contribution in [0.3, 0.4) is 0 Å². The van der Waals surface area contributed by atoms with Gasteiger partial charge in [0.2, 0.25) is 11.8 Å². The second kappa shape index (κ2) is 12.4. The molecule has 41 heavy (non-hydrogen) atoms. The molecule has 1 unspecified atom stereocenters. The summed E-state index contributed by atoms with van der Waals surface area (Å²) in [5.41, 5.74) is 1.15. The Kier molecular flexibility index (Phi) is 9.19. The second-order valence-electron chi connectivity index (χ2n) is 11.0. The van der Waals surface area contributed by atoms with Crippen LogP contribution in [0.25, 0.3) is 0 Å². The third kappa shape index (κ3) is 7.15. The Labute approximate surface area is 246 Å². The molecule has 1 heterocycles. The lowest BCUT2D eigenvalue weighted by Crippen LogP contribution is -2.54. The van der Waals surface area contributed by atoms with Gasteiger partial charge in [-0.15, -0.1) is 0 Å². The molecule has 1 atom stereocenters. The average Bonchev–Trinajstić information content (AvgIpc) is 3.11. The summed E-state index contributed by atoms with van der Waals surface area (Å²) in [6, 6.07) is 21.8. The largest absolute Gasteiger partial charge is 0.350 e. The first-order valence-electron chi connectivity index (χ1n) is 13.4. The molecule has 0 aromatic heterocycles. The predicted molar refractivity (Wildman–Crippen MR) is 158 cm³/mol. The fourth-order valence-corrected chi connectivity index (χ4v) is 6.59. The minimum absolute atomic E-state index is 0.0292. The highest BCUT2D eigenvalue weighted by molar-refractivity contribution is 7.90. The number of fused-ring (bicyclic) bond motifs is 1. The molecule has 0 bridgehead atoms. The van der Waals surface area contributed by atoms with E-state index in [4.69, 9.17) is 11.6 Å². The van der Waals surface area contributed by atoms with Crippen LogP contribution in [0.2, 0.25) is 5.02 Å². The minimum atomic E-state index is -3.98. The number of hydrogen-bond acceptors (Lipinski definition) is 5. The zero-order valence-electron chi connectivity index (χ0n) is 23.3. The van der Waals surface area contributed by atoms with Gasteiger partial charge in [-0.05, 0) is 56.5 Å². The molecule has 8 nitrogen and oxygen atoms in total. The van der Waals surface area contributed by atoms with Crippen molar-refractivity contribution in [3.05, 3.63) is 101 Å². The summed E-state index contributed by atoms with van der Waals surface area (Å²) in [5.74, 6) is -1.27. The van der Waals surface area contributed by atoms with Gasteiger partial charge in [-0.3, -0.25) is 14.4 Å². The fourth-order valence-electron chi connectivity index (χ4n) is 4.79. The van der Waals surface area contributed by atoms with Crippen molar-refractivity contribution >= 4 is 39.3 Å². The third-order valence-electron chi connectivity index (χ3n) is 6.73. The van der Waals surface area contributed by atoms with Crippen molar-refractivity contribution in [3.8, 4) is 0 Å². The Morgan fingerprint density at radius 1 is 0.951 bits per heavy atom. The highest BCUT2D eigenvalue weighted by atomic mass is 35.5. The summed E-state index contributed by atoms with van der Waals surface area (Å²) in [5, 5.41) is 3.47. The van der Waals surface area contributed by atoms with Gasteiger partial charge in [0.1, 0.15) is 10.9 Å². The lowest BCUT2D eigenvalue weighted by Gasteiger charge is -2.34. The fraction of sp³-hybridized carbons (Fsp3) is 0.323. The topological polar surface area (TPSA) is 104 Å². The lowest BCUT2D eigenvalue weighted by molar-refractivity contribution is -0.142. The van der Waals surface area contributed by atoms with E-state index >= 15 is 0 Å². The van der Waals surface area contributed by atoms with Gasteiger partial charge in [0, 0.05) is 36.5 Å². The van der Waals surface area contributed by atoms with E-state index in [9.17, 15) is 22.8 Å². The summed E-state index contributed by atoms with van der Waals surface area (Å²) < 4.78 is 26.7. The second-order valence-corrected chi connectivity index (χ2v) is 13.3. The number of nitrogens with zero attached hydrogens (tertiary/aromatic N) is 2. The van der Waals surface area contributed by atoms with Crippen molar-refractivity contribution in [2.45, 2.75) is 63.1 Å². The summed E-state index contributed by atoms with van der Waals surface area (Å²) in [4.78, 5) is 41.8. The van der Waals surface area contributed by atoms with Crippen LogP contribution in [0.1, 0.15) is 55.1 Å². The molecule has 3 aromatic rings. The zero-order valence-corrected chi connectivity index (χ0v) is 24.9. The number of nitrogens with one attached hydrogen (secondary N) is 1. The van der Waals surface area contributed by atoms with E-state index < -0.39 is 27.5 Å². The van der Waals surface area contributed by atoms with Crippen molar-refractivity contribution in [1.82, 2.24) is 14.5 Å². The van der Waals surface area contributed by atoms with E-state index in [-0.39, 0.29) is 54.6 Å². The molecule has 3 amide bonds. The molecule has 1 aliphatic rings. The molecule has 10 heteroatoms. The van der Waals surface area contributed by atoms with E-state index in [0.717, 1.165) is 9.87 Å². The highest BCUT2D eigenvalue weighted by Gasteiger charge is 2.40. The zero-order chi connectivity index (χ0) is 29.8. The number of halogens is 1. The van der Waals surface area contributed by atoms with Gasteiger partial charge in [0.05, 0.1) is 5.56 Å². The van der Waals surface area contributed by atoms with Gasteiger partial charge >= 0.3 is 0 Å². The molecule has 4 rings (SSSR count). The molecule has 216 valence electrons. The predicted octanol–water partition coefficient (Wildman–Crippen LogP) is 4.82. The number of benzene rings is 3. The number of hydrogen-bond donors (Lipinski definition) is 1. The van der Waals surface area contributed by atoms with Crippen LogP contribution >= 0.6 is 11.6 Å². The van der Waals surface area contributed by atoms with Crippen LogP contribution in [0.15, 0.2) is 83.8 Å². The number of amides is 3. The number of rotatable bonds is 10. The van der Waals surface area contributed by atoms with Gasteiger partial charge in [0.15, 0.2) is 0 Å². The van der Waals surface area contributed by atoms with Crippen LogP contribution in [0, 0.1) is 0 Å². The third-order valence-corrected chi connectivity index (χ3v) is 8.94. The lowest BCUT2D eigenvalue weighted by atomic mass is 10.00. The van der Waals surface area contributed by atoms with E-state index in [0.29, 0.717) is 10.6 Å². The van der Waals surface area contributed by atoms with Crippen LogP contribution in [0.5, 0.6) is 0 Å². The molecule has 0 fully saturated rings. The number of sulfonamides is 1. The maximum Gasteiger partial charge on any atom is 0.269 e. The van der Waals surface area contributed by atoms with E-state index in [1.807, 2.05) is 57.2 Å². The molecule has 0 aliphatic carbocycles. The van der Waals surface area contributed by atoms with Gasteiger partial charge < -0.3 is 10.2 Å². The Hall–Kier alpha value is -3.69. The molecular formula is C31H34ClN3O5S. The Balaban J connectivity index is 1.59. The summed E-state index contributed by atoms with van der Waals surface area (Å²) in [6.07, 6.45) is 0.289. The van der Waals surface area contributed by atoms with Crippen LogP contribution in [-0.4, -0.2) is 53.5 Å². The van der Waals surface area contributed by atoms with E-state index in [1.165, 1.54) is 17.0 Å². The van der Waals surface area contributed by atoms with E-state index in [2.05, 4.69) is 5.32 Å². The quantitative estimate of drug-likeness (QED) is 0.362. The summed E-state index contributed by atoms with van der Waals surface area (Å²) in [7, 11) is -3.98. The van der Waals surface area contributed by atoms with Crippen molar-refractivity contribution in [1.29, 1.82) is 0 Å². The highest BCUT2D eigenvalue weighted by Crippen LogP contribution is 2.30. The summed E-state index contributed by atoms with van der Waals surface area (Å²) in [6.45, 7) is 5.54. The SMILES string of the molecule is CC(C)(C)NC(=O)C(Cc1ccccc1)N(Cc1ccccc1Cl)C(=O)CCCN1C(=O)c2ccccc2S1(=O)=O. The molecule has 0 saturated carbocycles. The van der Waals surface area contributed by atoms with Gasteiger partial charge in [-0.25, -0.2) is 12.7 Å². The molecular weight excluding hydrogens is 562 g/mol.